The van der Waals surface area contributed by atoms with Crippen molar-refractivity contribution in [3.05, 3.63) is 88.1 Å². The number of carbonyl (C=O) groups is 1. The Bertz CT molecular complexity index is 1250. The first kappa shape index (κ1) is 22.2. The Hall–Kier alpha value is -3.01. The number of benzene rings is 2. The van der Waals surface area contributed by atoms with Crippen LogP contribution in [0.4, 0.5) is 0 Å². The monoisotopic (exact) mass is 526 g/mol. The summed E-state index contributed by atoms with van der Waals surface area (Å²) >= 11 is 10.8. The highest BCUT2D eigenvalue weighted by Crippen LogP contribution is 2.28. The van der Waals surface area contributed by atoms with Gasteiger partial charge in [0.05, 0.1) is 12.0 Å². The fourth-order valence-corrected chi connectivity index (χ4v) is 3.98. The van der Waals surface area contributed by atoms with Gasteiger partial charge in [-0.2, -0.15) is 5.10 Å². The van der Waals surface area contributed by atoms with Crippen LogP contribution in [0.5, 0.6) is 0 Å². The highest BCUT2D eigenvalue weighted by Gasteiger charge is 2.17. The molecule has 0 saturated heterocycles. The van der Waals surface area contributed by atoms with Gasteiger partial charge in [0.2, 0.25) is 0 Å². The van der Waals surface area contributed by atoms with Gasteiger partial charge < -0.3 is 0 Å². The van der Waals surface area contributed by atoms with Crippen molar-refractivity contribution in [2.45, 2.75) is 5.16 Å². The van der Waals surface area contributed by atoms with Gasteiger partial charge in [0.1, 0.15) is 0 Å². The summed E-state index contributed by atoms with van der Waals surface area (Å²) in [6.45, 7) is 0. The third kappa shape index (κ3) is 5.42. The van der Waals surface area contributed by atoms with E-state index >= 15 is 0 Å². The molecule has 0 saturated carbocycles. The Kier molecular flexibility index (Phi) is 7.31. The molecule has 1 N–H and O–H groups in total. The standard InChI is InChI=1S/C22H16BrClN6OS/c23-17-5-7-18(8-6-17)30-21(15-9-11-25-12-10-15)28-29-22(30)32-14-20(31)27-26-13-16-3-1-2-4-19(16)24/h1-13H,14H2,(H,27,31)/b26-13+. The van der Waals surface area contributed by atoms with Gasteiger partial charge in [-0.15, -0.1) is 10.2 Å². The maximum atomic E-state index is 12.3. The molecule has 0 spiro atoms. The van der Waals surface area contributed by atoms with Crippen molar-refractivity contribution in [2.24, 2.45) is 5.10 Å². The van der Waals surface area contributed by atoms with Crippen LogP contribution in [0.1, 0.15) is 5.56 Å². The van der Waals surface area contributed by atoms with Crippen molar-refractivity contribution in [1.29, 1.82) is 0 Å². The molecule has 0 aliphatic carbocycles. The minimum atomic E-state index is -0.269. The number of halogens is 2. The lowest BCUT2D eigenvalue weighted by Gasteiger charge is -2.10. The summed E-state index contributed by atoms with van der Waals surface area (Å²) in [5, 5.41) is 13.8. The second-order valence-electron chi connectivity index (χ2n) is 6.46. The fraction of sp³-hybridized carbons (Fsp3) is 0.0455. The van der Waals surface area contributed by atoms with Gasteiger partial charge in [-0.3, -0.25) is 14.3 Å². The van der Waals surface area contributed by atoms with E-state index in [9.17, 15) is 4.79 Å². The summed E-state index contributed by atoms with van der Waals surface area (Å²) in [7, 11) is 0. The molecule has 2 heterocycles. The number of aromatic nitrogens is 4. The van der Waals surface area contributed by atoms with Crippen molar-refractivity contribution < 1.29 is 4.79 Å². The van der Waals surface area contributed by atoms with Crippen molar-refractivity contribution in [2.75, 3.05) is 5.75 Å². The van der Waals surface area contributed by atoms with Crippen molar-refractivity contribution in [3.8, 4) is 17.1 Å². The van der Waals surface area contributed by atoms with E-state index in [0.29, 0.717) is 16.0 Å². The largest absolute Gasteiger partial charge is 0.272 e. The number of nitrogens with one attached hydrogen (secondary N) is 1. The molecule has 2 aromatic carbocycles. The van der Waals surface area contributed by atoms with Gasteiger partial charge in [-0.1, -0.05) is 57.5 Å². The fourth-order valence-electron chi connectivity index (χ4n) is 2.79. The minimum Gasteiger partial charge on any atom is -0.272 e. The van der Waals surface area contributed by atoms with E-state index in [2.05, 4.69) is 41.6 Å². The van der Waals surface area contributed by atoms with E-state index < -0.39 is 0 Å². The molecule has 160 valence electrons. The molecule has 4 rings (SSSR count). The van der Waals surface area contributed by atoms with Gasteiger partial charge in [-0.05, 0) is 42.5 Å². The molecule has 32 heavy (non-hydrogen) atoms. The third-order valence-corrected chi connectivity index (χ3v) is 6.09. The Labute approximate surface area is 202 Å². The zero-order valence-electron chi connectivity index (χ0n) is 16.5. The smallest absolute Gasteiger partial charge is 0.250 e. The lowest BCUT2D eigenvalue weighted by molar-refractivity contribution is -0.118. The molecular weight excluding hydrogens is 512 g/mol. The van der Waals surface area contributed by atoms with Gasteiger partial charge in [-0.25, -0.2) is 5.43 Å². The van der Waals surface area contributed by atoms with Crippen molar-refractivity contribution in [1.82, 2.24) is 25.2 Å². The molecule has 0 aliphatic rings. The molecular formula is C22H16BrClN6OS. The van der Waals surface area contributed by atoms with Gasteiger partial charge in [0, 0.05) is 38.7 Å². The van der Waals surface area contributed by atoms with Crippen LogP contribution in [0.25, 0.3) is 17.1 Å². The van der Waals surface area contributed by atoms with Crippen molar-refractivity contribution >= 4 is 51.4 Å². The summed E-state index contributed by atoms with van der Waals surface area (Å²) in [4.78, 5) is 16.4. The zero-order valence-corrected chi connectivity index (χ0v) is 19.7. The number of pyridine rings is 1. The normalized spacial score (nSPS) is 11.1. The molecule has 0 bridgehead atoms. The Morgan fingerprint density at radius 2 is 1.84 bits per heavy atom. The van der Waals surface area contributed by atoms with Gasteiger partial charge in [0.25, 0.3) is 5.91 Å². The van der Waals surface area contributed by atoms with Crippen LogP contribution in [0.3, 0.4) is 0 Å². The summed E-state index contributed by atoms with van der Waals surface area (Å²) in [6.07, 6.45) is 4.91. The molecule has 10 heteroatoms. The van der Waals surface area contributed by atoms with Crippen LogP contribution >= 0.6 is 39.3 Å². The van der Waals surface area contributed by atoms with E-state index in [1.54, 1.807) is 18.5 Å². The van der Waals surface area contributed by atoms with Crippen LogP contribution in [0, 0.1) is 0 Å². The number of hydrogen-bond acceptors (Lipinski definition) is 6. The number of thioether (sulfide) groups is 1. The highest BCUT2D eigenvalue weighted by atomic mass is 79.9. The van der Waals surface area contributed by atoms with Crippen LogP contribution in [0.2, 0.25) is 5.02 Å². The average molecular weight is 528 g/mol. The van der Waals surface area contributed by atoms with E-state index in [1.165, 1.54) is 18.0 Å². The summed E-state index contributed by atoms with van der Waals surface area (Å²) < 4.78 is 2.87. The number of hydrogen-bond donors (Lipinski definition) is 1. The predicted molar refractivity (Wildman–Crippen MR) is 130 cm³/mol. The van der Waals surface area contributed by atoms with Crippen LogP contribution < -0.4 is 5.43 Å². The molecule has 0 fully saturated rings. The van der Waals surface area contributed by atoms with Gasteiger partial charge >= 0.3 is 0 Å². The molecule has 0 radical (unpaired) electrons. The van der Waals surface area contributed by atoms with E-state index in [0.717, 1.165) is 21.3 Å². The zero-order chi connectivity index (χ0) is 22.3. The Balaban J connectivity index is 1.51. The lowest BCUT2D eigenvalue weighted by Crippen LogP contribution is -2.20. The van der Waals surface area contributed by atoms with Crippen LogP contribution in [-0.2, 0) is 4.79 Å². The first-order valence-corrected chi connectivity index (χ1v) is 11.6. The molecule has 0 atom stereocenters. The SMILES string of the molecule is O=C(CSc1nnc(-c2ccncc2)n1-c1ccc(Br)cc1)N/N=C/c1ccccc1Cl. The second kappa shape index (κ2) is 10.5. The summed E-state index contributed by atoms with van der Waals surface area (Å²) in [6, 6.07) is 18.8. The predicted octanol–water partition coefficient (Wildman–Crippen LogP) is 4.99. The van der Waals surface area contributed by atoms with E-state index in [4.69, 9.17) is 11.6 Å². The maximum Gasteiger partial charge on any atom is 0.250 e. The topological polar surface area (TPSA) is 85.1 Å². The molecule has 7 nitrogen and oxygen atoms in total. The third-order valence-electron chi connectivity index (χ3n) is 4.29. The number of carbonyl (C=O) groups excluding carboxylic acids is 1. The second-order valence-corrected chi connectivity index (χ2v) is 8.72. The average Bonchev–Trinajstić information content (AvgIpc) is 3.24. The quantitative estimate of drug-likeness (QED) is 0.208. The van der Waals surface area contributed by atoms with Crippen LogP contribution in [-0.4, -0.2) is 37.6 Å². The number of rotatable bonds is 7. The number of amides is 1. The van der Waals surface area contributed by atoms with Gasteiger partial charge in [0.15, 0.2) is 11.0 Å². The maximum absolute atomic E-state index is 12.3. The summed E-state index contributed by atoms with van der Waals surface area (Å²) in [5.74, 6) is 0.508. The Morgan fingerprint density at radius 3 is 2.59 bits per heavy atom. The molecule has 0 unspecified atom stereocenters. The molecule has 0 aliphatic heterocycles. The van der Waals surface area contributed by atoms with E-state index in [1.807, 2.05) is 59.2 Å². The summed E-state index contributed by atoms with van der Waals surface area (Å²) in [5.41, 5.74) is 4.98. The highest BCUT2D eigenvalue weighted by molar-refractivity contribution is 9.10. The van der Waals surface area contributed by atoms with Crippen molar-refractivity contribution in [3.63, 3.8) is 0 Å². The molecule has 1 amide bonds. The van der Waals surface area contributed by atoms with Crippen LogP contribution in [0.15, 0.2) is 87.8 Å². The first-order chi connectivity index (χ1) is 15.6. The lowest BCUT2D eigenvalue weighted by atomic mass is 10.2. The Morgan fingerprint density at radius 1 is 1.09 bits per heavy atom. The number of nitrogens with zero attached hydrogens (tertiary/aromatic N) is 5. The minimum absolute atomic E-state index is 0.116. The molecule has 4 aromatic rings. The van der Waals surface area contributed by atoms with E-state index in [-0.39, 0.29) is 11.7 Å². The first-order valence-electron chi connectivity index (χ1n) is 9.43. The molecule has 2 aromatic heterocycles. The number of hydrazone groups is 1.